The number of rotatable bonds is 5. The van der Waals surface area contributed by atoms with Gasteiger partial charge in [-0.1, -0.05) is 18.2 Å². The summed E-state index contributed by atoms with van der Waals surface area (Å²) >= 11 is 1.09. The smallest absolute Gasteiger partial charge is 0.329 e. The third-order valence-electron chi connectivity index (χ3n) is 7.99. The minimum Gasteiger partial charge on any atom is -0.466 e. The lowest BCUT2D eigenvalue weighted by Gasteiger charge is -2.21. The van der Waals surface area contributed by atoms with Crippen LogP contribution < -0.4 is 10.1 Å². The number of amides is 2. The summed E-state index contributed by atoms with van der Waals surface area (Å²) in [5, 5.41) is 3.99. The average molecular weight is 579 g/mol. The van der Waals surface area contributed by atoms with Crippen LogP contribution in [0, 0.1) is 18.8 Å². The van der Waals surface area contributed by atoms with E-state index in [1.807, 2.05) is 17.9 Å². The highest BCUT2D eigenvalue weighted by molar-refractivity contribution is 7.90. The molecule has 2 aliphatic rings. The van der Waals surface area contributed by atoms with Crippen LogP contribution >= 0.6 is 11.5 Å². The first kappa shape index (κ1) is 25.0. The van der Waals surface area contributed by atoms with Crippen molar-refractivity contribution in [2.24, 2.45) is 11.8 Å². The Morgan fingerprint density at radius 3 is 2.55 bits per heavy atom. The minimum atomic E-state index is -3.80. The fourth-order valence-electron chi connectivity index (χ4n) is 6.27. The van der Waals surface area contributed by atoms with Gasteiger partial charge >= 0.3 is 12.0 Å². The number of imidazole rings is 1. The van der Waals surface area contributed by atoms with Gasteiger partial charge in [0.2, 0.25) is 5.13 Å². The second kappa shape index (κ2) is 9.27. The third-order valence-corrected chi connectivity index (χ3v) is 10.3. The van der Waals surface area contributed by atoms with Gasteiger partial charge in [-0.3, -0.25) is 5.32 Å². The molecule has 4 aromatic heterocycles. The molecule has 2 unspecified atom stereocenters. The number of fused-ring (bicyclic) bond motifs is 4. The monoisotopic (exact) mass is 578 g/mol. The Labute approximate surface area is 233 Å². The quantitative estimate of drug-likeness (QED) is 0.332. The molecule has 5 aromatic rings. The first-order valence-electron chi connectivity index (χ1n) is 12.9. The molecule has 5 heterocycles. The summed E-state index contributed by atoms with van der Waals surface area (Å²) in [5.41, 5.74) is 2.02. The van der Waals surface area contributed by atoms with E-state index in [9.17, 15) is 13.2 Å². The maximum Gasteiger partial charge on any atom is 0.329 e. The SMILES string of the molecule is COc1nsc(NC(=O)N2CC3CC(n4c(C)nc5cnc6c(ccn6S(=O)(=O)c6ccccc6)c54)C[C@H]3C2)n1. The zero-order chi connectivity index (χ0) is 27.6. The number of anilines is 1. The Kier molecular flexibility index (Phi) is 5.78. The molecule has 40 heavy (non-hydrogen) atoms. The minimum absolute atomic E-state index is 0.178. The molecule has 0 radical (unpaired) electrons. The van der Waals surface area contributed by atoms with Crippen LogP contribution in [-0.4, -0.2) is 67.4 Å². The molecule has 1 aliphatic carbocycles. The molecule has 7 rings (SSSR count). The van der Waals surface area contributed by atoms with E-state index in [1.165, 1.54) is 11.1 Å². The second-order valence-electron chi connectivity index (χ2n) is 10.3. The second-order valence-corrected chi connectivity index (χ2v) is 12.8. The van der Waals surface area contributed by atoms with Gasteiger partial charge < -0.3 is 14.2 Å². The summed E-state index contributed by atoms with van der Waals surface area (Å²) in [6, 6.07) is 10.4. The zero-order valence-corrected chi connectivity index (χ0v) is 23.4. The molecule has 1 saturated carbocycles. The predicted molar refractivity (Wildman–Crippen MR) is 149 cm³/mol. The van der Waals surface area contributed by atoms with Gasteiger partial charge in [-0.05, 0) is 49.8 Å². The van der Waals surface area contributed by atoms with Crippen LogP contribution in [0.25, 0.3) is 22.1 Å². The summed E-state index contributed by atoms with van der Waals surface area (Å²) in [6.07, 6.45) is 5.03. The highest BCUT2D eigenvalue weighted by Gasteiger charge is 2.44. The van der Waals surface area contributed by atoms with Gasteiger partial charge in [0.15, 0.2) is 5.65 Å². The summed E-state index contributed by atoms with van der Waals surface area (Å²) in [6.45, 7) is 3.31. The molecule has 0 spiro atoms. The van der Waals surface area contributed by atoms with Gasteiger partial charge in [0.25, 0.3) is 10.0 Å². The number of likely N-dealkylation sites (tertiary alicyclic amines) is 1. The number of aromatic nitrogens is 6. The molecule has 3 atom stereocenters. The first-order valence-corrected chi connectivity index (χ1v) is 15.1. The highest BCUT2D eigenvalue weighted by atomic mass is 32.2. The number of ether oxygens (including phenoxy) is 1. The number of carbonyl (C=O) groups excluding carboxylic acids is 1. The fraction of sp³-hybridized carbons (Fsp3) is 0.346. The van der Waals surface area contributed by atoms with E-state index in [4.69, 9.17) is 9.72 Å². The molecule has 206 valence electrons. The molecule has 2 amide bonds. The molecule has 1 aromatic carbocycles. The number of aryl methyl sites for hydroxylation is 1. The van der Waals surface area contributed by atoms with Crippen LogP contribution in [0.2, 0.25) is 0 Å². The predicted octanol–water partition coefficient (Wildman–Crippen LogP) is 3.91. The van der Waals surface area contributed by atoms with E-state index in [1.54, 1.807) is 42.7 Å². The molecule has 1 aliphatic heterocycles. The van der Waals surface area contributed by atoms with E-state index < -0.39 is 10.0 Å². The summed E-state index contributed by atoms with van der Waals surface area (Å²) in [7, 11) is -2.31. The van der Waals surface area contributed by atoms with Crippen molar-refractivity contribution >= 4 is 54.8 Å². The van der Waals surface area contributed by atoms with Crippen molar-refractivity contribution in [1.29, 1.82) is 0 Å². The lowest BCUT2D eigenvalue weighted by molar-refractivity contribution is 0.217. The summed E-state index contributed by atoms with van der Waals surface area (Å²) < 4.78 is 39.3. The maximum absolute atomic E-state index is 13.4. The number of hydrogen-bond donors (Lipinski definition) is 1. The van der Waals surface area contributed by atoms with Crippen LogP contribution in [0.5, 0.6) is 6.01 Å². The van der Waals surface area contributed by atoms with Crippen molar-refractivity contribution in [1.82, 2.24) is 32.8 Å². The first-order chi connectivity index (χ1) is 19.3. The number of methoxy groups -OCH3 is 1. The molecule has 1 N–H and O–H groups in total. The molecule has 0 bridgehead atoms. The van der Waals surface area contributed by atoms with Crippen molar-refractivity contribution < 1.29 is 17.9 Å². The molecule has 12 nitrogen and oxygen atoms in total. The van der Waals surface area contributed by atoms with Crippen LogP contribution in [0.4, 0.5) is 9.93 Å². The Morgan fingerprint density at radius 1 is 1.10 bits per heavy atom. The number of pyridine rings is 1. The van der Waals surface area contributed by atoms with Crippen molar-refractivity contribution in [3.63, 3.8) is 0 Å². The number of benzene rings is 1. The van der Waals surface area contributed by atoms with Gasteiger partial charge in [-0.25, -0.2) is 27.2 Å². The average Bonchev–Trinajstić information content (AvgIpc) is 3.75. The number of hydrogen-bond acceptors (Lipinski definition) is 9. The lowest BCUT2D eigenvalue weighted by atomic mass is 10.0. The third kappa shape index (κ3) is 3.92. The van der Waals surface area contributed by atoms with Gasteiger partial charge in [0.1, 0.15) is 11.3 Å². The van der Waals surface area contributed by atoms with Crippen molar-refractivity contribution in [3.05, 3.63) is 54.6 Å². The topological polar surface area (TPSA) is 137 Å². The molecule has 14 heteroatoms. The van der Waals surface area contributed by atoms with Crippen LogP contribution in [0.3, 0.4) is 0 Å². The van der Waals surface area contributed by atoms with Gasteiger partial charge in [0.05, 0.1) is 23.7 Å². The molecular weight excluding hydrogens is 552 g/mol. The largest absolute Gasteiger partial charge is 0.466 e. The zero-order valence-electron chi connectivity index (χ0n) is 21.8. The van der Waals surface area contributed by atoms with Crippen LogP contribution in [0.1, 0.15) is 24.7 Å². The highest BCUT2D eigenvalue weighted by Crippen LogP contribution is 2.46. The van der Waals surface area contributed by atoms with E-state index in [0.29, 0.717) is 35.7 Å². The number of nitrogens with one attached hydrogen (secondary N) is 1. The van der Waals surface area contributed by atoms with Gasteiger partial charge in [0, 0.05) is 42.2 Å². The van der Waals surface area contributed by atoms with Crippen molar-refractivity contribution in [3.8, 4) is 6.01 Å². The van der Waals surface area contributed by atoms with Crippen LogP contribution in [0.15, 0.2) is 53.7 Å². The van der Waals surface area contributed by atoms with Crippen molar-refractivity contribution in [2.75, 3.05) is 25.5 Å². The summed E-state index contributed by atoms with van der Waals surface area (Å²) in [4.78, 5) is 28.3. The van der Waals surface area contributed by atoms with E-state index in [-0.39, 0.29) is 23.0 Å². The summed E-state index contributed by atoms with van der Waals surface area (Å²) in [5.74, 6) is 1.58. The van der Waals surface area contributed by atoms with E-state index in [0.717, 1.165) is 46.6 Å². The van der Waals surface area contributed by atoms with Gasteiger partial charge in [-0.2, -0.15) is 4.98 Å². The lowest BCUT2D eigenvalue weighted by Crippen LogP contribution is -2.34. The maximum atomic E-state index is 13.4. The van der Waals surface area contributed by atoms with Gasteiger partial charge in [-0.15, -0.1) is 4.37 Å². The standard InChI is InChI=1S/C26H26N8O4S2/c1-15-28-21-12-27-23-20(8-9-33(23)40(36,37)19-6-4-3-5-7-19)22(21)34(15)18-10-16-13-32(14-17(16)11-18)26(35)30-25-29-24(38-2)31-39-25/h3-9,12,16-18H,10-11,13-14H2,1-2H3,(H,29,30,31,35)/t16-,17?,18?/m0/s1. The Morgan fingerprint density at radius 2 is 1.85 bits per heavy atom. The fourth-order valence-corrected chi connectivity index (χ4v) is 8.12. The Bertz CT molecular complexity index is 1850. The normalized spacial score (nSPS) is 20.9. The number of nitrogens with zero attached hydrogens (tertiary/aromatic N) is 7. The Hall–Kier alpha value is -4.04. The van der Waals surface area contributed by atoms with E-state index >= 15 is 0 Å². The number of urea groups is 1. The molecular formula is C26H26N8O4S2. The Balaban J connectivity index is 1.16. The molecule has 2 fully saturated rings. The van der Waals surface area contributed by atoms with E-state index in [2.05, 4.69) is 24.2 Å². The number of carbonyl (C=O) groups is 1. The van der Waals surface area contributed by atoms with Crippen LogP contribution in [-0.2, 0) is 10.0 Å². The van der Waals surface area contributed by atoms with Crippen molar-refractivity contribution in [2.45, 2.75) is 30.7 Å². The molecule has 1 saturated heterocycles.